The first-order chi connectivity index (χ1) is 40.1. The summed E-state index contributed by atoms with van der Waals surface area (Å²) in [5.74, 6) is 0. The van der Waals surface area contributed by atoms with Crippen LogP contribution in [-0.4, -0.2) is 19.9 Å². The standard InChI is InChI=1S/C82H98N4S/c1-75(2,3)53-36-49(37-54(44-53)76(4,5)6)70-62-30-31-63(83-62)71(50-38-55(77(7,8)9)45-56(39-50)78(10,11)12)65-34-35-67(85-65)73(52-42-59(81(19,20)21)47-60(43-52)82(22,23)24)74-69(87-61-28-26-25-27-29-61)48-68(86-74)72(66-33-32-64(70)84-66)51-40-57(79(13,14)15)46-58(41-51)80(16,17)18/h25-48,83,86H,1-24H3. The first kappa shape index (κ1) is 63.1. The van der Waals surface area contributed by atoms with Gasteiger partial charge in [0, 0.05) is 48.6 Å². The third kappa shape index (κ3) is 13.3. The number of benzene rings is 5. The van der Waals surface area contributed by atoms with Gasteiger partial charge in [0.1, 0.15) is 0 Å². The molecule has 0 radical (unpaired) electrons. The third-order valence-corrected chi connectivity index (χ3v) is 18.7. The van der Waals surface area contributed by atoms with Gasteiger partial charge in [-0.1, -0.05) is 269 Å². The Morgan fingerprint density at radius 3 is 0.828 bits per heavy atom. The number of H-pyrrole nitrogens is 2. The van der Waals surface area contributed by atoms with Crippen molar-refractivity contribution in [1.29, 1.82) is 0 Å². The lowest BCUT2D eigenvalue weighted by Gasteiger charge is -2.26. The Balaban J connectivity index is 1.52. The number of fused-ring (bicyclic) bond motifs is 8. The van der Waals surface area contributed by atoms with E-state index in [0.29, 0.717) is 0 Å². The highest BCUT2D eigenvalue weighted by Gasteiger charge is 2.30. The lowest BCUT2D eigenvalue weighted by molar-refractivity contribution is 0.568. The van der Waals surface area contributed by atoms with E-state index in [4.69, 9.17) is 9.97 Å². The van der Waals surface area contributed by atoms with Crippen LogP contribution < -0.4 is 0 Å². The summed E-state index contributed by atoms with van der Waals surface area (Å²) in [6.07, 6.45) is 9.10. The van der Waals surface area contributed by atoms with Gasteiger partial charge in [0.25, 0.3) is 0 Å². The van der Waals surface area contributed by atoms with Crippen LogP contribution in [0.4, 0.5) is 0 Å². The Kier molecular flexibility index (Phi) is 15.9. The fourth-order valence-electron chi connectivity index (χ4n) is 11.7. The summed E-state index contributed by atoms with van der Waals surface area (Å²) < 4.78 is 0. The number of nitrogens with zero attached hydrogens (tertiary/aromatic N) is 2. The molecule has 0 spiro atoms. The minimum absolute atomic E-state index is 0.117. The molecule has 87 heavy (non-hydrogen) atoms. The van der Waals surface area contributed by atoms with Crippen molar-refractivity contribution < 1.29 is 0 Å². The molecule has 5 heteroatoms. The molecule has 0 saturated carbocycles. The van der Waals surface area contributed by atoms with E-state index in [2.05, 4.69) is 322 Å². The first-order valence-electron chi connectivity index (χ1n) is 31.7. The molecule has 10 rings (SSSR count). The molecule has 0 fully saturated rings. The summed E-state index contributed by atoms with van der Waals surface area (Å²) in [6, 6.07) is 47.0. The van der Waals surface area contributed by atoms with E-state index in [0.717, 1.165) is 99.1 Å². The van der Waals surface area contributed by atoms with Crippen LogP contribution >= 0.6 is 11.8 Å². The third-order valence-electron chi connectivity index (χ3n) is 17.6. The van der Waals surface area contributed by atoms with Crippen molar-refractivity contribution >= 4 is 58.1 Å². The minimum Gasteiger partial charge on any atom is -0.354 e. The van der Waals surface area contributed by atoms with Crippen molar-refractivity contribution in [2.45, 2.75) is 219 Å². The van der Waals surface area contributed by atoms with Gasteiger partial charge in [0.15, 0.2) is 0 Å². The Morgan fingerprint density at radius 1 is 0.276 bits per heavy atom. The number of hydrogen-bond donors (Lipinski definition) is 2. The van der Waals surface area contributed by atoms with E-state index < -0.39 is 0 Å². The van der Waals surface area contributed by atoms with Gasteiger partial charge in [0.05, 0.1) is 28.3 Å². The van der Waals surface area contributed by atoms with Crippen molar-refractivity contribution in [2.24, 2.45) is 0 Å². The van der Waals surface area contributed by atoms with Crippen molar-refractivity contribution in [3.8, 4) is 44.5 Å². The maximum atomic E-state index is 6.01. The highest BCUT2D eigenvalue weighted by molar-refractivity contribution is 7.99. The molecule has 4 nitrogen and oxygen atoms in total. The van der Waals surface area contributed by atoms with Gasteiger partial charge >= 0.3 is 0 Å². The normalized spacial score (nSPS) is 13.7. The molecule has 3 aromatic heterocycles. The van der Waals surface area contributed by atoms with E-state index in [1.807, 2.05) is 0 Å². The van der Waals surface area contributed by atoms with Gasteiger partial charge in [-0.25, -0.2) is 9.97 Å². The van der Waals surface area contributed by atoms with Crippen LogP contribution in [0.5, 0.6) is 0 Å². The van der Waals surface area contributed by atoms with Crippen LogP contribution in [-0.2, 0) is 43.3 Å². The predicted molar refractivity (Wildman–Crippen MR) is 381 cm³/mol. The second-order valence-electron chi connectivity index (χ2n) is 33.3. The summed E-state index contributed by atoms with van der Waals surface area (Å²) >= 11 is 1.80. The average Bonchev–Trinajstić information content (AvgIpc) is 1.75. The second-order valence-corrected chi connectivity index (χ2v) is 34.4. The SMILES string of the molecule is CC(C)(C)c1cc(-c2c3nc(c(-c4cc(C(C)(C)C)cc(C(C)(C)C)c4)c4cc(Sc5ccccc5)c([nH]4)c(-c4cc(C(C)(C)C)cc(C(C)(C)C)c4)c4nc(c(-c5cc(C(C)(C)C)cc(C(C)(C)C)c5)c5ccc2[nH]5)C=C4)C=C3)cc(C(C)(C)C)c1. The van der Waals surface area contributed by atoms with Crippen LogP contribution in [0.3, 0.4) is 0 Å². The molecule has 0 unspecified atom stereocenters. The van der Waals surface area contributed by atoms with Gasteiger partial charge in [-0.15, -0.1) is 0 Å². The summed E-state index contributed by atoms with van der Waals surface area (Å²) in [5.41, 5.74) is 25.6. The Bertz CT molecular complexity index is 4100. The molecular formula is C82H98N4S. The zero-order chi connectivity index (χ0) is 63.5. The quantitative estimate of drug-likeness (QED) is 0.174. The topological polar surface area (TPSA) is 57.4 Å². The molecule has 0 aliphatic carbocycles. The number of nitrogens with one attached hydrogen (secondary N) is 2. The fraction of sp³-hybridized carbons (Fsp3) is 0.390. The molecular weight excluding hydrogens is 1070 g/mol. The van der Waals surface area contributed by atoms with Gasteiger partial charge in [0.2, 0.25) is 0 Å². The lowest BCUT2D eigenvalue weighted by Crippen LogP contribution is -2.16. The number of hydrogen-bond acceptors (Lipinski definition) is 3. The van der Waals surface area contributed by atoms with Crippen molar-refractivity contribution in [1.82, 2.24) is 19.9 Å². The van der Waals surface area contributed by atoms with Gasteiger partial charge in [-0.2, -0.15) is 0 Å². The summed E-state index contributed by atoms with van der Waals surface area (Å²) in [7, 11) is 0. The molecule has 2 aliphatic heterocycles. The van der Waals surface area contributed by atoms with E-state index in [9.17, 15) is 0 Å². The molecule has 2 aliphatic rings. The molecule has 2 N–H and O–H groups in total. The summed E-state index contributed by atoms with van der Waals surface area (Å²) in [6.45, 7) is 56.0. The molecule has 8 bridgehead atoms. The highest BCUT2D eigenvalue weighted by atomic mass is 32.2. The molecule has 0 saturated heterocycles. The van der Waals surface area contributed by atoms with Gasteiger partial charge < -0.3 is 9.97 Å². The van der Waals surface area contributed by atoms with E-state index in [1.54, 1.807) is 11.8 Å². The molecule has 5 aromatic carbocycles. The molecule has 452 valence electrons. The maximum Gasteiger partial charge on any atom is 0.0737 e. The van der Waals surface area contributed by atoms with Crippen LogP contribution in [0, 0.1) is 0 Å². The van der Waals surface area contributed by atoms with Crippen molar-refractivity contribution in [2.75, 3.05) is 0 Å². The largest absolute Gasteiger partial charge is 0.354 e. The molecule has 0 atom stereocenters. The average molecular weight is 1170 g/mol. The van der Waals surface area contributed by atoms with E-state index >= 15 is 0 Å². The zero-order valence-corrected chi connectivity index (χ0v) is 58.0. The van der Waals surface area contributed by atoms with Crippen LogP contribution in [0.2, 0.25) is 0 Å². The lowest BCUT2D eigenvalue weighted by atomic mass is 9.78. The molecule has 8 aromatic rings. The van der Waals surface area contributed by atoms with Crippen molar-refractivity contribution in [3.05, 3.63) is 189 Å². The second kappa shape index (κ2) is 22.0. The Morgan fingerprint density at radius 2 is 0.540 bits per heavy atom. The number of aromatic amines is 2. The fourth-order valence-corrected chi connectivity index (χ4v) is 12.7. The maximum absolute atomic E-state index is 6.01. The van der Waals surface area contributed by atoms with Crippen molar-refractivity contribution in [3.63, 3.8) is 0 Å². The van der Waals surface area contributed by atoms with Gasteiger partial charge in [-0.3, -0.25) is 0 Å². The summed E-state index contributed by atoms with van der Waals surface area (Å²) in [5, 5.41) is 0. The van der Waals surface area contributed by atoms with Gasteiger partial charge in [-0.05, 0) is 165 Å². The Hall–Kier alpha value is -6.95. The predicted octanol–water partition coefficient (Wildman–Crippen LogP) is 23.9. The minimum atomic E-state index is -0.139. The monoisotopic (exact) mass is 1170 g/mol. The van der Waals surface area contributed by atoms with Crippen LogP contribution in [0.25, 0.3) is 90.9 Å². The molecule has 5 heterocycles. The number of aromatic nitrogens is 4. The summed E-state index contributed by atoms with van der Waals surface area (Å²) in [4.78, 5) is 22.7. The van der Waals surface area contributed by atoms with E-state index in [1.165, 1.54) is 44.5 Å². The molecule has 0 amide bonds. The van der Waals surface area contributed by atoms with Crippen LogP contribution in [0.1, 0.15) is 233 Å². The first-order valence-corrected chi connectivity index (χ1v) is 32.5. The van der Waals surface area contributed by atoms with E-state index in [-0.39, 0.29) is 43.3 Å². The van der Waals surface area contributed by atoms with Crippen LogP contribution in [0.15, 0.2) is 131 Å². The zero-order valence-electron chi connectivity index (χ0n) is 57.2. The number of rotatable bonds is 6. The Labute approximate surface area is 527 Å². The highest BCUT2D eigenvalue weighted by Crippen LogP contribution is 2.47. The smallest absolute Gasteiger partial charge is 0.0737 e.